The first-order valence-electron chi connectivity index (χ1n) is 5.88. The van der Waals surface area contributed by atoms with Gasteiger partial charge in [-0.05, 0) is 19.3 Å². The van der Waals surface area contributed by atoms with E-state index in [9.17, 15) is 0 Å². The third-order valence-electron chi connectivity index (χ3n) is 2.95. The van der Waals surface area contributed by atoms with Gasteiger partial charge in [-0.25, -0.2) is 9.13 Å². The van der Waals surface area contributed by atoms with Crippen molar-refractivity contribution in [3.05, 3.63) is 18.2 Å². The third-order valence-corrected chi connectivity index (χ3v) is 2.95. The van der Waals surface area contributed by atoms with Crippen molar-refractivity contribution in [3.8, 4) is 0 Å². The summed E-state index contributed by atoms with van der Waals surface area (Å²) < 4.78 is 4.44. The monoisotopic (exact) mass is 211 g/mol. The van der Waals surface area contributed by atoms with Gasteiger partial charge in [0.1, 0.15) is 12.4 Å². The van der Waals surface area contributed by atoms with Gasteiger partial charge >= 0.3 is 0 Å². The van der Waals surface area contributed by atoms with Gasteiger partial charge in [-0.15, -0.1) is 0 Å². The standard InChI is InChI=1S/C12H23N2O/c1-12-13(2)9-10-14(12)8-6-4-3-5-7-11-15/h9-10,15H,3-8,11H2,1-2H3/q+1. The highest BCUT2D eigenvalue weighted by Gasteiger charge is 2.07. The first-order valence-corrected chi connectivity index (χ1v) is 5.88. The molecule has 15 heavy (non-hydrogen) atoms. The molecule has 1 aromatic heterocycles. The molecule has 0 saturated heterocycles. The van der Waals surface area contributed by atoms with Crippen LogP contribution in [0.2, 0.25) is 0 Å². The molecule has 0 aromatic carbocycles. The molecule has 1 N–H and O–H groups in total. The van der Waals surface area contributed by atoms with Crippen LogP contribution in [0, 0.1) is 6.92 Å². The van der Waals surface area contributed by atoms with Crippen LogP contribution in [-0.4, -0.2) is 16.3 Å². The van der Waals surface area contributed by atoms with Crippen LogP contribution in [0.4, 0.5) is 0 Å². The maximum Gasteiger partial charge on any atom is 0.253 e. The van der Waals surface area contributed by atoms with E-state index in [-0.39, 0.29) is 0 Å². The molecule has 0 fully saturated rings. The highest BCUT2D eigenvalue weighted by Crippen LogP contribution is 2.05. The molecule has 0 bridgehead atoms. The zero-order chi connectivity index (χ0) is 11.1. The Labute approximate surface area is 92.4 Å². The summed E-state index contributed by atoms with van der Waals surface area (Å²) in [5.74, 6) is 1.31. The summed E-state index contributed by atoms with van der Waals surface area (Å²) in [5, 5.41) is 8.63. The molecule has 0 radical (unpaired) electrons. The summed E-state index contributed by atoms with van der Waals surface area (Å²) in [6.45, 7) is 3.60. The zero-order valence-corrected chi connectivity index (χ0v) is 9.95. The van der Waals surface area contributed by atoms with E-state index in [1.54, 1.807) is 0 Å². The molecular weight excluding hydrogens is 188 g/mol. The summed E-state index contributed by atoms with van der Waals surface area (Å²) in [6, 6.07) is 0. The highest BCUT2D eigenvalue weighted by atomic mass is 16.2. The van der Waals surface area contributed by atoms with Gasteiger partial charge in [0.25, 0.3) is 5.82 Å². The number of nitrogens with zero attached hydrogens (tertiary/aromatic N) is 2. The lowest BCUT2D eigenvalue weighted by molar-refractivity contribution is -0.677. The topological polar surface area (TPSA) is 29.0 Å². The lowest BCUT2D eigenvalue weighted by Gasteiger charge is -2.00. The van der Waals surface area contributed by atoms with Crippen molar-refractivity contribution in [2.75, 3.05) is 6.61 Å². The third kappa shape index (κ3) is 4.04. The fraction of sp³-hybridized carbons (Fsp3) is 0.750. The average molecular weight is 211 g/mol. The summed E-state index contributed by atoms with van der Waals surface area (Å²) in [5.41, 5.74) is 0. The van der Waals surface area contributed by atoms with Crippen LogP contribution in [0.15, 0.2) is 12.4 Å². The maximum atomic E-state index is 8.63. The van der Waals surface area contributed by atoms with E-state index in [4.69, 9.17) is 5.11 Å². The van der Waals surface area contributed by atoms with Gasteiger partial charge in [-0.2, -0.15) is 0 Å². The van der Waals surface area contributed by atoms with E-state index >= 15 is 0 Å². The van der Waals surface area contributed by atoms with Gasteiger partial charge < -0.3 is 5.11 Å². The number of aliphatic hydroxyl groups is 1. The van der Waals surface area contributed by atoms with Gasteiger partial charge in [0.05, 0.1) is 13.6 Å². The van der Waals surface area contributed by atoms with Crippen molar-refractivity contribution in [2.24, 2.45) is 7.05 Å². The van der Waals surface area contributed by atoms with Crippen molar-refractivity contribution in [2.45, 2.75) is 45.6 Å². The van der Waals surface area contributed by atoms with Gasteiger partial charge in [-0.1, -0.05) is 12.8 Å². The van der Waals surface area contributed by atoms with Crippen LogP contribution < -0.4 is 4.57 Å². The number of aromatic nitrogens is 2. The Kier molecular flexibility index (Phi) is 5.40. The number of hydrogen-bond acceptors (Lipinski definition) is 1. The Morgan fingerprint density at radius 1 is 1.20 bits per heavy atom. The van der Waals surface area contributed by atoms with Crippen molar-refractivity contribution >= 4 is 0 Å². The normalized spacial score (nSPS) is 10.9. The van der Waals surface area contributed by atoms with Crippen LogP contribution in [0.1, 0.15) is 37.9 Å². The molecule has 0 unspecified atom stereocenters. The van der Waals surface area contributed by atoms with Crippen molar-refractivity contribution in [3.63, 3.8) is 0 Å². The van der Waals surface area contributed by atoms with Gasteiger partial charge in [0, 0.05) is 13.5 Å². The molecular formula is C12H23N2O+. The summed E-state index contributed by atoms with van der Waals surface area (Å²) in [4.78, 5) is 0. The first-order chi connectivity index (χ1) is 7.25. The molecule has 0 saturated carbocycles. The number of aliphatic hydroxyl groups excluding tert-OH is 1. The minimum atomic E-state index is 0.340. The SMILES string of the molecule is Cc1n(CCCCCCCO)cc[n+]1C. The van der Waals surface area contributed by atoms with E-state index in [0.717, 1.165) is 19.4 Å². The Morgan fingerprint density at radius 3 is 2.47 bits per heavy atom. The Bertz CT molecular complexity index is 281. The second-order valence-corrected chi connectivity index (χ2v) is 4.14. The van der Waals surface area contributed by atoms with Gasteiger partial charge in [0.2, 0.25) is 0 Å². The van der Waals surface area contributed by atoms with Crippen LogP contribution in [-0.2, 0) is 13.6 Å². The smallest absolute Gasteiger partial charge is 0.253 e. The first kappa shape index (κ1) is 12.2. The Morgan fingerprint density at radius 2 is 1.87 bits per heavy atom. The number of aryl methyl sites for hydroxylation is 2. The molecule has 0 spiro atoms. The minimum absolute atomic E-state index is 0.340. The highest BCUT2D eigenvalue weighted by molar-refractivity contribution is 4.78. The van der Waals surface area contributed by atoms with Crippen LogP contribution in [0.3, 0.4) is 0 Å². The number of rotatable bonds is 7. The molecule has 1 aromatic rings. The molecule has 0 atom stereocenters. The zero-order valence-electron chi connectivity index (χ0n) is 9.95. The molecule has 1 heterocycles. The number of imidazole rings is 1. The molecule has 0 aliphatic rings. The van der Waals surface area contributed by atoms with Crippen LogP contribution in [0.25, 0.3) is 0 Å². The maximum absolute atomic E-state index is 8.63. The molecule has 3 heteroatoms. The summed E-state index contributed by atoms with van der Waals surface area (Å²) in [6.07, 6.45) is 10.1. The molecule has 86 valence electrons. The predicted octanol–water partition coefficient (Wildman–Crippen LogP) is 1.56. The molecule has 3 nitrogen and oxygen atoms in total. The number of hydrogen-bond donors (Lipinski definition) is 1. The molecule has 0 aliphatic carbocycles. The lowest BCUT2D eigenvalue weighted by Crippen LogP contribution is -2.29. The van der Waals surface area contributed by atoms with E-state index in [1.807, 2.05) is 0 Å². The van der Waals surface area contributed by atoms with E-state index < -0.39 is 0 Å². The van der Waals surface area contributed by atoms with Gasteiger partial charge in [0.15, 0.2) is 0 Å². The largest absolute Gasteiger partial charge is 0.396 e. The Balaban J connectivity index is 2.12. The van der Waals surface area contributed by atoms with E-state index in [0.29, 0.717) is 6.61 Å². The van der Waals surface area contributed by atoms with Crippen molar-refractivity contribution in [1.29, 1.82) is 0 Å². The van der Waals surface area contributed by atoms with Crippen molar-refractivity contribution in [1.82, 2.24) is 4.57 Å². The molecule has 0 aliphatic heterocycles. The second kappa shape index (κ2) is 6.62. The van der Waals surface area contributed by atoms with E-state index in [1.165, 1.54) is 25.1 Å². The lowest BCUT2D eigenvalue weighted by atomic mass is 10.1. The van der Waals surface area contributed by atoms with Crippen molar-refractivity contribution < 1.29 is 9.67 Å². The van der Waals surface area contributed by atoms with Crippen LogP contribution in [0.5, 0.6) is 0 Å². The van der Waals surface area contributed by atoms with Gasteiger partial charge in [-0.3, -0.25) is 0 Å². The second-order valence-electron chi connectivity index (χ2n) is 4.14. The Hall–Kier alpha value is -0.830. The molecule has 0 amide bonds. The fourth-order valence-corrected chi connectivity index (χ4v) is 1.76. The summed E-state index contributed by atoms with van der Waals surface area (Å²) >= 11 is 0. The fourth-order valence-electron chi connectivity index (χ4n) is 1.76. The average Bonchev–Trinajstić information content (AvgIpc) is 2.54. The van der Waals surface area contributed by atoms with Crippen LogP contribution >= 0.6 is 0 Å². The summed E-state index contributed by atoms with van der Waals surface area (Å²) in [7, 11) is 2.08. The minimum Gasteiger partial charge on any atom is -0.396 e. The van der Waals surface area contributed by atoms with E-state index in [2.05, 4.69) is 35.5 Å². The molecule has 1 rings (SSSR count). The number of unbranched alkanes of at least 4 members (excludes halogenated alkanes) is 4. The predicted molar refractivity (Wildman–Crippen MR) is 60.5 cm³/mol. The quantitative estimate of drug-likeness (QED) is 0.538.